The normalized spacial score (nSPS) is 13.2. The predicted molar refractivity (Wildman–Crippen MR) is 238 cm³/mol. The summed E-state index contributed by atoms with van der Waals surface area (Å²) in [6.45, 7) is 24.3. The van der Waals surface area contributed by atoms with E-state index in [0.717, 1.165) is 15.2 Å². The summed E-state index contributed by atoms with van der Waals surface area (Å²) >= 11 is 0. The van der Waals surface area contributed by atoms with Gasteiger partial charge in [0, 0.05) is 31.4 Å². The van der Waals surface area contributed by atoms with Crippen LogP contribution in [0.1, 0.15) is 26.7 Å². The smallest absolute Gasteiger partial charge is 0.321 e. The van der Waals surface area contributed by atoms with E-state index in [4.69, 9.17) is 8.54 Å². The molecular formula is C41H50N4O10Si3. The Morgan fingerprint density at radius 1 is 0.517 bits per heavy atom. The molecule has 0 amide bonds. The molecule has 306 valence electrons. The molecule has 4 heterocycles. The van der Waals surface area contributed by atoms with E-state index in [2.05, 4.69) is 53.2 Å². The molecule has 0 atom stereocenters. The SMILES string of the molecule is C=CCn1c(=O)c2cc3c(=O)n(CCC[Si](C)(C)O[Si](C)(C)OC(C)(C)[Si](C)(C)CCCn4c(=O)c5cc6c(=O)n(CC=C)c(=O)c6cc5c4=O)c(=O)c3cc2c1=O. The zero-order valence-electron chi connectivity index (χ0n) is 34.4. The minimum atomic E-state index is -2.75. The van der Waals surface area contributed by atoms with Gasteiger partial charge in [-0.2, -0.15) is 0 Å². The monoisotopic (exact) mass is 842 g/mol. The van der Waals surface area contributed by atoms with Crippen molar-refractivity contribution in [3.63, 3.8) is 0 Å². The summed E-state index contributed by atoms with van der Waals surface area (Å²) < 4.78 is 18.1. The average Bonchev–Trinajstić information content (AvgIpc) is 3.70. The molecule has 6 aromatic rings. The van der Waals surface area contributed by atoms with Crippen LogP contribution in [0.25, 0.3) is 43.1 Å². The van der Waals surface area contributed by atoms with Crippen molar-refractivity contribution < 1.29 is 8.54 Å². The molecule has 0 saturated carbocycles. The van der Waals surface area contributed by atoms with Crippen LogP contribution >= 0.6 is 0 Å². The van der Waals surface area contributed by atoms with Gasteiger partial charge in [0.1, 0.15) is 0 Å². The topological polar surface area (TPSA) is 175 Å². The molecule has 4 aromatic heterocycles. The van der Waals surface area contributed by atoms with Crippen molar-refractivity contribution in [1.29, 1.82) is 0 Å². The van der Waals surface area contributed by atoms with E-state index in [9.17, 15) is 38.4 Å². The van der Waals surface area contributed by atoms with Gasteiger partial charge in [0.2, 0.25) is 0 Å². The van der Waals surface area contributed by atoms with Crippen LogP contribution in [0.3, 0.4) is 0 Å². The average molecular weight is 843 g/mol. The van der Waals surface area contributed by atoms with Crippen molar-refractivity contribution in [3.8, 4) is 0 Å². The van der Waals surface area contributed by atoms with Crippen LogP contribution in [0.5, 0.6) is 0 Å². The number of allylic oxidation sites excluding steroid dienone is 2. The van der Waals surface area contributed by atoms with Crippen LogP contribution in [0.2, 0.25) is 51.4 Å². The Labute approximate surface area is 335 Å². The summed E-state index contributed by atoms with van der Waals surface area (Å²) in [4.78, 5) is 105. The molecule has 2 aromatic carbocycles. The highest BCUT2D eigenvalue weighted by atomic mass is 28.4. The van der Waals surface area contributed by atoms with E-state index in [1.165, 1.54) is 45.6 Å². The molecule has 0 spiro atoms. The van der Waals surface area contributed by atoms with E-state index in [0.29, 0.717) is 18.9 Å². The molecule has 0 saturated heterocycles. The third-order valence-corrected chi connectivity index (χ3v) is 23.6. The van der Waals surface area contributed by atoms with Gasteiger partial charge < -0.3 is 8.54 Å². The zero-order chi connectivity index (χ0) is 42.9. The number of fused-ring (bicyclic) bond motifs is 4. The highest BCUT2D eigenvalue weighted by Gasteiger charge is 2.46. The summed E-state index contributed by atoms with van der Waals surface area (Å²) in [5.41, 5.74) is -4.01. The molecule has 0 unspecified atom stereocenters. The molecule has 0 radical (unpaired) electrons. The van der Waals surface area contributed by atoms with Gasteiger partial charge in [0.05, 0.1) is 51.2 Å². The van der Waals surface area contributed by atoms with E-state index >= 15 is 0 Å². The van der Waals surface area contributed by atoms with Crippen LogP contribution in [-0.2, 0) is 34.7 Å². The summed E-state index contributed by atoms with van der Waals surface area (Å²) in [5.74, 6) is 0. The zero-order valence-corrected chi connectivity index (χ0v) is 37.4. The summed E-state index contributed by atoms with van der Waals surface area (Å²) in [6.07, 6.45) is 3.94. The fourth-order valence-corrected chi connectivity index (χ4v) is 19.9. The van der Waals surface area contributed by atoms with Crippen molar-refractivity contribution >= 4 is 68.0 Å². The molecule has 0 bridgehead atoms. The summed E-state index contributed by atoms with van der Waals surface area (Å²) in [5, 5.41) is 0.392. The standard InChI is InChI=1S/C41H50N4O10Si3/c1-11-15-42-33(46)25-21-29-30(22-26(25)34(42)47)38(51)44(37(29)50)17-13-19-56(5,6)41(3,4)54-58(9,10)55-57(7,8)20-14-18-45-39(52)31-23-27-28(24-32(31)40(45)53)36(49)43(16-12-2)35(27)48/h11-12,21-24H,1-2,13-20H2,3-10H3. The Bertz CT molecular complexity index is 2940. The van der Waals surface area contributed by atoms with Gasteiger partial charge in [0.25, 0.3) is 44.5 Å². The number of aromatic nitrogens is 4. The second kappa shape index (κ2) is 15.0. The lowest BCUT2D eigenvalue weighted by molar-refractivity contribution is 0.138. The Morgan fingerprint density at radius 3 is 1.12 bits per heavy atom. The first kappa shape index (κ1) is 42.7. The quantitative estimate of drug-likeness (QED) is 0.0966. The van der Waals surface area contributed by atoms with Crippen molar-refractivity contribution in [2.24, 2.45) is 0 Å². The predicted octanol–water partition coefficient (Wildman–Crippen LogP) is 3.96. The lowest BCUT2D eigenvalue weighted by Crippen LogP contribution is -2.59. The fourth-order valence-electron chi connectivity index (χ4n) is 8.28. The van der Waals surface area contributed by atoms with E-state index < -0.39 is 74.7 Å². The van der Waals surface area contributed by atoms with Crippen molar-refractivity contribution in [3.05, 3.63) is 132 Å². The van der Waals surface area contributed by atoms with Gasteiger partial charge in [0.15, 0.2) is 8.32 Å². The third-order valence-electron chi connectivity index (χ3n) is 11.7. The minimum absolute atomic E-state index is 0.0340. The fraction of sp³-hybridized carbons (Fsp3) is 0.415. The molecule has 58 heavy (non-hydrogen) atoms. The van der Waals surface area contributed by atoms with Crippen molar-refractivity contribution in [1.82, 2.24) is 18.3 Å². The summed E-state index contributed by atoms with van der Waals surface area (Å²) in [7, 11) is -7.34. The first-order valence-electron chi connectivity index (χ1n) is 19.4. The lowest BCUT2D eigenvalue weighted by Gasteiger charge is -2.46. The van der Waals surface area contributed by atoms with Gasteiger partial charge in [-0.15, -0.1) is 13.2 Å². The maximum atomic E-state index is 13.4. The lowest BCUT2D eigenvalue weighted by atomic mass is 10.1. The second-order valence-corrected chi connectivity index (χ2v) is 30.7. The van der Waals surface area contributed by atoms with E-state index in [1.807, 2.05) is 13.1 Å². The molecule has 0 aliphatic heterocycles. The molecule has 6 rings (SSSR count). The number of hydrogen-bond acceptors (Lipinski definition) is 10. The number of nitrogens with zero attached hydrogens (tertiary/aromatic N) is 4. The van der Waals surface area contributed by atoms with Crippen molar-refractivity contribution in [2.45, 2.75) is 109 Å². The Morgan fingerprint density at radius 2 is 0.810 bits per heavy atom. The van der Waals surface area contributed by atoms with Crippen LogP contribution < -0.4 is 44.5 Å². The molecule has 0 fully saturated rings. The highest BCUT2D eigenvalue weighted by Crippen LogP contribution is 2.34. The first-order chi connectivity index (χ1) is 27.0. The van der Waals surface area contributed by atoms with Crippen LogP contribution in [-0.4, -0.2) is 48.4 Å². The third kappa shape index (κ3) is 7.33. The van der Waals surface area contributed by atoms with Gasteiger partial charge >= 0.3 is 8.56 Å². The molecule has 0 aliphatic rings. The van der Waals surface area contributed by atoms with Crippen LogP contribution in [0, 0.1) is 0 Å². The molecular weight excluding hydrogens is 793 g/mol. The van der Waals surface area contributed by atoms with E-state index in [-0.39, 0.29) is 69.3 Å². The maximum absolute atomic E-state index is 13.4. The Kier molecular flexibility index (Phi) is 11.0. The maximum Gasteiger partial charge on any atom is 0.321 e. The number of rotatable bonds is 17. The highest BCUT2D eigenvalue weighted by molar-refractivity contribution is 6.84. The van der Waals surface area contributed by atoms with E-state index in [1.54, 1.807) is 0 Å². The minimum Gasteiger partial charge on any atom is -0.436 e. The number of hydrogen-bond donors (Lipinski definition) is 0. The van der Waals surface area contributed by atoms with Crippen LogP contribution in [0.4, 0.5) is 0 Å². The molecule has 0 aliphatic carbocycles. The van der Waals surface area contributed by atoms with Crippen LogP contribution in [0.15, 0.2) is 87.9 Å². The van der Waals surface area contributed by atoms with Crippen molar-refractivity contribution in [2.75, 3.05) is 0 Å². The number of benzene rings is 2. The van der Waals surface area contributed by atoms with Gasteiger partial charge in [-0.3, -0.25) is 56.6 Å². The second-order valence-electron chi connectivity index (χ2n) is 17.4. The van der Waals surface area contributed by atoms with Gasteiger partial charge in [-0.05, 0) is 83.2 Å². The molecule has 14 nitrogen and oxygen atoms in total. The summed E-state index contributed by atoms with van der Waals surface area (Å²) in [6, 6.07) is 6.82. The molecule has 17 heteroatoms. The van der Waals surface area contributed by atoms with Gasteiger partial charge in [-0.1, -0.05) is 31.3 Å². The Hall–Kier alpha value is -4.95. The molecule has 0 N–H and O–H groups in total. The largest absolute Gasteiger partial charge is 0.436 e. The first-order valence-corrected chi connectivity index (χ1v) is 28.5. The Balaban J connectivity index is 1.09. The van der Waals surface area contributed by atoms with Gasteiger partial charge in [-0.25, -0.2) is 0 Å².